The van der Waals surface area contributed by atoms with Crippen molar-refractivity contribution in [1.82, 2.24) is 4.90 Å². The van der Waals surface area contributed by atoms with Crippen molar-refractivity contribution in [2.75, 3.05) is 33.1 Å². The molecule has 180 valence electrons. The molecule has 0 radical (unpaired) electrons. The van der Waals surface area contributed by atoms with Crippen LogP contribution >= 0.6 is 21.6 Å². The van der Waals surface area contributed by atoms with Gasteiger partial charge in [-0.2, -0.15) is 0 Å². The molecule has 1 aliphatic rings. The van der Waals surface area contributed by atoms with E-state index in [1.165, 1.54) is 31.1 Å². The molecule has 1 N–H and O–H groups in total. The second-order valence-corrected chi connectivity index (χ2v) is 10.1. The van der Waals surface area contributed by atoms with Gasteiger partial charge in [0.25, 0.3) is 0 Å². The number of amides is 1. The zero-order valence-electron chi connectivity index (χ0n) is 18.9. The van der Waals surface area contributed by atoms with Gasteiger partial charge >= 0.3 is 12.1 Å². The second kappa shape index (κ2) is 14.4. The van der Waals surface area contributed by atoms with Crippen molar-refractivity contribution in [2.45, 2.75) is 57.1 Å². The number of hydrogen-bond acceptors (Lipinski definition) is 9. The molecular weight excluding hydrogens is 454 g/mol. The van der Waals surface area contributed by atoms with E-state index in [-0.39, 0.29) is 25.7 Å². The fourth-order valence-electron chi connectivity index (χ4n) is 3.23. The molecule has 2 atom stereocenters. The summed E-state index contributed by atoms with van der Waals surface area (Å²) in [6.45, 7) is 1.49. The van der Waals surface area contributed by atoms with Crippen LogP contribution in [0.15, 0.2) is 18.2 Å². The van der Waals surface area contributed by atoms with Crippen molar-refractivity contribution in [3.63, 3.8) is 0 Å². The Labute approximate surface area is 197 Å². The number of aliphatic hydroxyl groups is 1. The minimum absolute atomic E-state index is 0.0617. The van der Waals surface area contributed by atoms with E-state index in [2.05, 4.69) is 0 Å². The van der Waals surface area contributed by atoms with Crippen LogP contribution in [0.4, 0.5) is 4.79 Å². The maximum atomic E-state index is 12.6. The minimum Gasteiger partial charge on any atom is -0.497 e. The van der Waals surface area contributed by atoms with Crippen LogP contribution in [0.5, 0.6) is 11.5 Å². The summed E-state index contributed by atoms with van der Waals surface area (Å²) in [7, 11) is 6.93. The van der Waals surface area contributed by atoms with Gasteiger partial charge in [0, 0.05) is 42.5 Å². The van der Waals surface area contributed by atoms with E-state index >= 15 is 0 Å². The molecule has 1 aromatic rings. The van der Waals surface area contributed by atoms with Crippen LogP contribution in [0.2, 0.25) is 0 Å². The van der Waals surface area contributed by atoms with Crippen molar-refractivity contribution < 1.29 is 33.6 Å². The highest BCUT2D eigenvalue weighted by molar-refractivity contribution is 8.77. The fraction of sp³-hybridized carbons (Fsp3) is 0.636. The lowest BCUT2D eigenvalue weighted by atomic mass is 10.1. The fourth-order valence-corrected chi connectivity index (χ4v) is 6.26. The number of esters is 1. The molecule has 8 nitrogen and oxygen atoms in total. The normalized spacial score (nSPS) is 16.3. The van der Waals surface area contributed by atoms with E-state index in [4.69, 9.17) is 18.9 Å². The maximum absolute atomic E-state index is 12.6. The lowest BCUT2D eigenvalue weighted by molar-refractivity contribution is -0.166. The molecule has 1 heterocycles. The van der Waals surface area contributed by atoms with Crippen molar-refractivity contribution in [1.29, 1.82) is 0 Å². The molecule has 32 heavy (non-hydrogen) atoms. The number of rotatable bonds is 13. The number of unbranched alkanes of at least 4 members (excludes halogenated alkanes) is 1. The Bertz CT molecular complexity index is 728. The summed E-state index contributed by atoms with van der Waals surface area (Å²) in [5, 5.41) is 10.1. The molecule has 2 unspecified atom stereocenters. The third kappa shape index (κ3) is 8.99. The van der Waals surface area contributed by atoms with Crippen molar-refractivity contribution in [3.05, 3.63) is 23.8 Å². The predicted molar refractivity (Wildman–Crippen MR) is 126 cm³/mol. The highest BCUT2D eigenvalue weighted by Gasteiger charge is 2.22. The SMILES string of the molecule is COc1ccc(CN(CCO)C(=O)OC(C)OC(=O)CCCCC2CCSS2)c(OC)c1. The third-order valence-electron chi connectivity index (χ3n) is 4.93. The first-order valence-electron chi connectivity index (χ1n) is 10.7. The van der Waals surface area contributed by atoms with Gasteiger partial charge in [-0.1, -0.05) is 28.0 Å². The Balaban J connectivity index is 1.80. The summed E-state index contributed by atoms with van der Waals surface area (Å²) in [6.07, 6.45) is 2.68. The van der Waals surface area contributed by atoms with Gasteiger partial charge in [-0.3, -0.25) is 4.79 Å². The summed E-state index contributed by atoms with van der Waals surface area (Å²) in [5.74, 6) is 2.00. The molecule has 1 aliphatic heterocycles. The highest BCUT2D eigenvalue weighted by atomic mass is 33.1. The highest BCUT2D eigenvalue weighted by Crippen LogP contribution is 2.39. The number of benzene rings is 1. The number of nitrogens with zero attached hydrogens (tertiary/aromatic N) is 1. The number of carbonyl (C=O) groups is 2. The Hall–Kier alpha value is -1.78. The van der Waals surface area contributed by atoms with Gasteiger partial charge < -0.3 is 29.0 Å². The number of ether oxygens (including phenoxy) is 4. The Morgan fingerprint density at radius 1 is 1.22 bits per heavy atom. The Morgan fingerprint density at radius 3 is 2.69 bits per heavy atom. The van der Waals surface area contributed by atoms with Crippen molar-refractivity contribution in [3.8, 4) is 11.5 Å². The van der Waals surface area contributed by atoms with Gasteiger partial charge in [-0.25, -0.2) is 4.79 Å². The summed E-state index contributed by atoms with van der Waals surface area (Å²) in [4.78, 5) is 26.0. The smallest absolute Gasteiger partial charge is 0.413 e. The third-order valence-corrected chi connectivity index (χ3v) is 7.94. The van der Waals surface area contributed by atoms with Crippen LogP contribution in [0.1, 0.15) is 44.6 Å². The largest absolute Gasteiger partial charge is 0.497 e. The number of carbonyl (C=O) groups excluding carboxylic acids is 2. The van der Waals surface area contributed by atoms with E-state index < -0.39 is 12.4 Å². The van der Waals surface area contributed by atoms with Crippen LogP contribution in [0.25, 0.3) is 0 Å². The van der Waals surface area contributed by atoms with Crippen LogP contribution in [0.3, 0.4) is 0 Å². The topological polar surface area (TPSA) is 94.5 Å². The molecule has 0 aliphatic carbocycles. The first-order valence-corrected chi connectivity index (χ1v) is 13.1. The molecule has 1 aromatic carbocycles. The average molecular weight is 488 g/mol. The summed E-state index contributed by atoms with van der Waals surface area (Å²) in [5.41, 5.74) is 0.724. The van der Waals surface area contributed by atoms with Crippen molar-refractivity contribution >= 4 is 33.7 Å². The van der Waals surface area contributed by atoms with Crippen LogP contribution in [0, 0.1) is 0 Å². The molecule has 1 fully saturated rings. The lowest BCUT2D eigenvalue weighted by Gasteiger charge is -2.24. The standard InChI is InChI=1S/C22H33NO7S2/c1-16(29-21(25)7-5-4-6-19-10-13-31-32-19)30-22(26)23(11-12-24)15-17-8-9-18(27-2)14-20(17)28-3/h8-9,14,16,19,24H,4-7,10-13,15H2,1-3H3. The summed E-state index contributed by atoms with van der Waals surface area (Å²) < 4.78 is 21.1. The summed E-state index contributed by atoms with van der Waals surface area (Å²) in [6, 6.07) is 5.25. The Morgan fingerprint density at radius 2 is 2.03 bits per heavy atom. The van der Waals surface area contributed by atoms with E-state index in [0.717, 1.165) is 24.8 Å². The molecule has 2 rings (SSSR count). The first kappa shape index (κ1) is 26.5. The molecule has 0 spiro atoms. The first-order chi connectivity index (χ1) is 15.5. The van der Waals surface area contributed by atoms with E-state index in [1.54, 1.807) is 25.3 Å². The molecule has 1 saturated heterocycles. The van der Waals surface area contributed by atoms with Crippen LogP contribution in [-0.4, -0.2) is 66.7 Å². The molecule has 0 bridgehead atoms. The van der Waals surface area contributed by atoms with Crippen LogP contribution < -0.4 is 9.47 Å². The summed E-state index contributed by atoms with van der Waals surface area (Å²) >= 11 is 0. The van der Waals surface area contributed by atoms with Gasteiger partial charge in [0.2, 0.25) is 6.29 Å². The zero-order chi connectivity index (χ0) is 23.3. The number of aliphatic hydroxyl groups excluding tert-OH is 1. The molecule has 0 aromatic heterocycles. The molecule has 10 heteroatoms. The average Bonchev–Trinajstić information content (AvgIpc) is 3.30. The lowest BCUT2D eigenvalue weighted by Crippen LogP contribution is -2.36. The van der Waals surface area contributed by atoms with E-state index in [0.29, 0.717) is 23.2 Å². The molecule has 0 saturated carbocycles. The van der Waals surface area contributed by atoms with Gasteiger partial charge in [0.05, 0.1) is 27.4 Å². The van der Waals surface area contributed by atoms with Gasteiger partial charge in [0.1, 0.15) is 11.5 Å². The van der Waals surface area contributed by atoms with E-state index in [9.17, 15) is 14.7 Å². The maximum Gasteiger partial charge on any atom is 0.413 e. The number of hydrogen-bond donors (Lipinski definition) is 1. The zero-order valence-corrected chi connectivity index (χ0v) is 20.5. The molecule has 1 amide bonds. The predicted octanol–water partition coefficient (Wildman–Crippen LogP) is 4.24. The van der Waals surface area contributed by atoms with Gasteiger partial charge in [-0.15, -0.1) is 0 Å². The van der Waals surface area contributed by atoms with E-state index in [1.807, 2.05) is 21.6 Å². The monoisotopic (exact) mass is 487 g/mol. The second-order valence-electron chi connectivity index (χ2n) is 7.34. The van der Waals surface area contributed by atoms with Gasteiger partial charge in [0.15, 0.2) is 0 Å². The van der Waals surface area contributed by atoms with Gasteiger partial charge in [-0.05, 0) is 31.4 Å². The quantitative estimate of drug-likeness (QED) is 0.190. The number of methoxy groups -OCH3 is 2. The molecular formula is C22H33NO7S2. The van der Waals surface area contributed by atoms with Crippen LogP contribution in [-0.2, 0) is 20.8 Å². The minimum atomic E-state index is -1.02. The Kier molecular flexibility index (Phi) is 11.9. The van der Waals surface area contributed by atoms with Crippen molar-refractivity contribution in [2.24, 2.45) is 0 Å².